The van der Waals surface area contributed by atoms with E-state index in [1.807, 2.05) is 17.8 Å². The summed E-state index contributed by atoms with van der Waals surface area (Å²) in [6, 6.07) is 0. The molecule has 0 radical (unpaired) electrons. The molecule has 0 saturated heterocycles. The van der Waals surface area contributed by atoms with Gasteiger partial charge in [-0.2, -0.15) is 5.10 Å². The second-order valence-corrected chi connectivity index (χ2v) is 6.45. The fourth-order valence-corrected chi connectivity index (χ4v) is 3.21. The molecular weight excluding hydrogens is 336 g/mol. The molecule has 25 heavy (non-hydrogen) atoms. The van der Waals surface area contributed by atoms with Gasteiger partial charge in [0.2, 0.25) is 0 Å². The van der Waals surface area contributed by atoms with Crippen molar-refractivity contribution in [3.8, 4) is 0 Å². The van der Waals surface area contributed by atoms with Gasteiger partial charge in [-0.05, 0) is 13.1 Å². The molecule has 0 aliphatic rings. The summed E-state index contributed by atoms with van der Waals surface area (Å²) >= 11 is 1.56. The Kier molecular flexibility index (Phi) is 5.72. The zero-order valence-corrected chi connectivity index (χ0v) is 15.3. The smallest absolute Gasteiger partial charge is 0.256 e. The van der Waals surface area contributed by atoms with Crippen molar-refractivity contribution in [2.75, 3.05) is 19.6 Å². The van der Waals surface area contributed by atoms with E-state index in [1.54, 1.807) is 27.6 Å². The maximum atomic E-state index is 12.4. The zero-order valence-electron chi connectivity index (χ0n) is 14.5. The standard InChI is InChI=1S/C17H22N6OS/c1-3-22(4-2)9-13-7-19-16-15(8-21-23(16)10-13)17(24)18-6-5-14-11-25-12-20-14/h7-8,10-12H,3-6,9H2,1-2H3,(H,18,24). The van der Waals surface area contributed by atoms with Gasteiger partial charge in [0.25, 0.3) is 5.91 Å². The van der Waals surface area contributed by atoms with Crippen molar-refractivity contribution in [3.05, 3.63) is 46.3 Å². The second kappa shape index (κ2) is 8.17. The highest BCUT2D eigenvalue weighted by Crippen LogP contribution is 2.10. The third-order valence-corrected chi connectivity index (χ3v) is 4.74. The molecule has 3 aromatic rings. The Labute approximate surface area is 150 Å². The summed E-state index contributed by atoms with van der Waals surface area (Å²) in [6.07, 6.45) is 6.05. The Hall–Kier alpha value is -2.32. The third-order valence-electron chi connectivity index (χ3n) is 4.11. The SMILES string of the molecule is CCN(CC)Cc1cnc2c(C(=O)NCCc3cscn3)cnn2c1. The van der Waals surface area contributed by atoms with E-state index in [4.69, 9.17) is 0 Å². The van der Waals surface area contributed by atoms with Crippen molar-refractivity contribution < 1.29 is 4.79 Å². The van der Waals surface area contributed by atoms with Crippen molar-refractivity contribution in [1.82, 2.24) is 29.8 Å². The number of thiazole rings is 1. The zero-order chi connectivity index (χ0) is 17.6. The summed E-state index contributed by atoms with van der Waals surface area (Å²) in [5.41, 5.74) is 4.93. The molecule has 0 saturated carbocycles. The van der Waals surface area contributed by atoms with Gasteiger partial charge in [-0.15, -0.1) is 11.3 Å². The minimum Gasteiger partial charge on any atom is -0.351 e. The van der Waals surface area contributed by atoms with Crippen molar-refractivity contribution in [3.63, 3.8) is 0 Å². The minimum absolute atomic E-state index is 0.158. The number of fused-ring (bicyclic) bond motifs is 1. The van der Waals surface area contributed by atoms with Crippen LogP contribution in [0.5, 0.6) is 0 Å². The number of amides is 1. The molecule has 0 spiro atoms. The lowest BCUT2D eigenvalue weighted by Gasteiger charge is -2.17. The van der Waals surface area contributed by atoms with Gasteiger partial charge in [0, 0.05) is 42.8 Å². The number of hydrogen-bond donors (Lipinski definition) is 1. The van der Waals surface area contributed by atoms with E-state index in [-0.39, 0.29) is 5.91 Å². The second-order valence-electron chi connectivity index (χ2n) is 5.74. The highest BCUT2D eigenvalue weighted by Gasteiger charge is 2.14. The lowest BCUT2D eigenvalue weighted by molar-refractivity contribution is 0.0955. The van der Waals surface area contributed by atoms with Gasteiger partial charge in [-0.3, -0.25) is 9.69 Å². The van der Waals surface area contributed by atoms with Gasteiger partial charge in [0.05, 0.1) is 17.4 Å². The van der Waals surface area contributed by atoms with Gasteiger partial charge >= 0.3 is 0 Å². The van der Waals surface area contributed by atoms with Crippen LogP contribution < -0.4 is 5.32 Å². The van der Waals surface area contributed by atoms with E-state index in [0.717, 1.165) is 37.3 Å². The van der Waals surface area contributed by atoms with Crippen LogP contribution in [0, 0.1) is 0 Å². The molecule has 0 fully saturated rings. The molecule has 1 N–H and O–H groups in total. The van der Waals surface area contributed by atoms with Crippen LogP contribution in [0.3, 0.4) is 0 Å². The van der Waals surface area contributed by atoms with Crippen LogP contribution in [0.15, 0.2) is 29.5 Å². The van der Waals surface area contributed by atoms with E-state index in [9.17, 15) is 4.79 Å². The molecule has 3 heterocycles. The number of aromatic nitrogens is 4. The highest BCUT2D eigenvalue weighted by molar-refractivity contribution is 7.07. The van der Waals surface area contributed by atoms with E-state index in [2.05, 4.69) is 39.1 Å². The molecule has 3 aromatic heterocycles. The summed E-state index contributed by atoms with van der Waals surface area (Å²) in [4.78, 5) is 23.3. The number of carbonyl (C=O) groups excluding carboxylic acids is 1. The normalized spacial score (nSPS) is 11.3. The summed E-state index contributed by atoms with van der Waals surface area (Å²) in [6.45, 7) is 7.61. The maximum Gasteiger partial charge on any atom is 0.256 e. The van der Waals surface area contributed by atoms with E-state index < -0.39 is 0 Å². The maximum absolute atomic E-state index is 12.4. The number of nitrogens with one attached hydrogen (secondary N) is 1. The average molecular weight is 358 g/mol. The van der Waals surface area contributed by atoms with Crippen LogP contribution in [-0.2, 0) is 13.0 Å². The molecule has 0 aliphatic carbocycles. The first-order valence-corrected chi connectivity index (χ1v) is 9.35. The lowest BCUT2D eigenvalue weighted by Crippen LogP contribution is -2.25. The van der Waals surface area contributed by atoms with Crippen molar-refractivity contribution in [2.24, 2.45) is 0 Å². The topological polar surface area (TPSA) is 75.4 Å². The minimum atomic E-state index is -0.158. The quantitative estimate of drug-likeness (QED) is 0.667. The largest absolute Gasteiger partial charge is 0.351 e. The Balaban J connectivity index is 1.66. The van der Waals surface area contributed by atoms with Crippen LogP contribution in [-0.4, -0.2) is 50.0 Å². The molecule has 0 aliphatic heterocycles. The Bertz CT molecular complexity index is 825. The van der Waals surface area contributed by atoms with E-state index >= 15 is 0 Å². The van der Waals surface area contributed by atoms with E-state index in [1.165, 1.54) is 0 Å². The van der Waals surface area contributed by atoms with Crippen LogP contribution >= 0.6 is 11.3 Å². The Morgan fingerprint density at radius 3 is 2.84 bits per heavy atom. The molecule has 0 unspecified atom stereocenters. The number of carbonyl (C=O) groups is 1. The van der Waals surface area contributed by atoms with Gasteiger partial charge in [-0.25, -0.2) is 14.5 Å². The first kappa shape index (κ1) is 17.5. The van der Waals surface area contributed by atoms with Gasteiger partial charge in [0.1, 0.15) is 5.56 Å². The molecule has 8 heteroatoms. The fraction of sp³-hybridized carbons (Fsp3) is 0.412. The monoisotopic (exact) mass is 358 g/mol. The van der Waals surface area contributed by atoms with Crippen LogP contribution in [0.4, 0.5) is 0 Å². The summed E-state index contributed by atoms with van der Waals surface area (Å²) in [7, 11) is 0. The molecule has 3 rings (SSSR count). The summed E-state index contributed by atoms with van der Waals surface area (Å²) < 4.78 is 1.67. The number of rotatable bonds is 8. The molecule has 7 nitrogen and oxygen atoms in total. The number of hydrogen-bond acceptors (Lipinski definition) is 6. The summed E-state index contributed by atoms with van der Waals surface area (Å²) in [5, 5.41) is 9.17. The first-order chi connectivity index (χ1) is 12.2. The number of nitrogens with zero attached hydrogens (tertiary/aromatic N) is 5. The van der Waals surface area contributed by atoms with Crippen LogP contribution in [0.2, 0.25) is 0 Å². The highest BCUT2D eigenvalue weighted by atomic mass is 32.1. The van der Waals surface area contributed by atoms with Crippen molar-refractivity contribution in [2.45, 2.75) is 26.8 Å². The molecular formula is C17H22N6OS. The Morgan fingerprint density at radius 2 is 2.12 bits per heavy atom. The van der Waals surface area contributed by atoms with Gasteiger partial charge < -0.3 is 5.32 Å². The van der Waals surface area contributed by atoms with Crippen LogP contribution in [0.25, 0.3) is 5.65 Å². The van der Waals surface area contributed by atoms with Crippen LogP contribution in [0.1, 0.15) is 35.5 Å². The molecule has 0 aromatic carbocycles. The Morgan fingerprint density at radius 1 is 1.28 bits per heavy atom. The summed E-state index contributed by atoms with van der Waals surface area (Å²) in [5.74, 6) is -0.158. The molecule has 0 atom stereocenters. The van der Waals surface area contributed by atoms with E-state index in [0.29, 0.717) is 17.8 Å². The predicted molar refractivity (Wildman–Crippen MR) is 97.8 cm³/mol. The van der Waals surface area contributed by atoms with Gasteiger partial charge in [-0.1, -0.05) is 13.8 Å². The first-order valence-electron chi connectivity index (χ1n) is 8.41. The third kappa shape index (κ3) is 4.21. The van der Waals surface area contributed by atoms with Gasteiger partial charge in [0.15, 0.2) is 5.65 Å². The predicted octanol–water partition coefficient (Wildman–Crippen LogP) is 2.00. The molecule has 0 bridgehead atoms. The van der Waals surface area contributed by atoms with Crippen molar-refractivity contribution >= 4 is 22.9 Å². The average Bonchev–Trinajstić information content (AvgIpc) is 3.28. The molecule has 1 amide bonds. The fourth-order valence-electron chi connectivity index (χ4n) is 2.62. The van der Waals surface area contributed by atoms with Crippen molar-refractivity contribution in [1.29, 1.82) is 0 Å². The molecule has 132 valence electrons. The lowest BCUT2D eigenvalue weighted by atomic mass is 10.2.